The topological polar surface area (TPSA) is 108 Å². The quantitative estimate of drug-likeness (QED) is 0.175. The molecule has 43 heavy (non-hydrogen) atoms. The van der Waals surface area contributed by atoms with Crippen LogP contribution >= 0.6 is 23.2 Å². The zero-order valence-electron chi connectivity index (χ0n) is 22.3. The largest absolute Gasteiger partial charge is 0.459 e. The third-order valence-electron chi connectivity index (χ3n) is 6.79. The Morgan fingerprint density at radius 3 is 2.53 bits per heavy atom. The summed E-state index contributed by atoms with van der Waals surface area (Å²) in [5.41, 5.74) is -0.293. The highest BCUT2D eigenvalue weighted by molar-refractivity contribution is 6.32. The first-order valence-corrected chi connectivity index (χ1v) is 13.7. The summed E-state index contributed by atoms with van der Waals surface area (Å²) in [4.78, 5) is 31.0. The van der Waals surface area contributed by atoms with E-state index in [1.165, 1.54) is 24.4 Å². The van der Waals surface area contributed by atoms with Crippen molar-refractivity contribution >= 4 is 34.9 Å². The first kappa shape index (κ1) is 30.5. The molecule has 9 nitrogen and oxygen atoms in total. The smallest absolute Gasteiger partial charge is 0.352 e. The maximum atomic E-state index is 13.8. The lowest BCUT2D eigenvalue weighted by Gasteiger charge is -2.16. The summed E-state index contributed by atoms with van der Waals surface area (Å²) >= 11 is 12.5. The minimum atomic E-state index is -5.86. The number of carbonyl (C=O) groups is 2. The summed E-state index contributed by atoms with van der Waals surface area (Å²) < 4.78 is 67.7. The molecule has 0 bridgehead atoms. The molecular formula is C27H22Cl2F5N7O2. The highest BCUT2D eigenvalue weighted by Gasteiger charge is 2.60. The van der Waals surface area contributed by atoms with Crippen molar-refractivity contribution < 1.29 is 31.5 Å². The summed E-state index contributed by atoms with van der Waals surface area (Å²) in [5, 5.41) is 14.0. The predicted molar refractivity (Wildman–Crippen MR) is 145 cm³/mol. The lowest BCUT2D eigenvalue weighted by atomic mass is 9.95. The number of benzene rings is 1. The third kappa shape index (κ3) is 6.54. The number of nitrogens with zero attached hydrogens (tertiary/aromatic N) is 6. The molecule has 226 valence electrons. The number of aromatic nitrogens is 6. The monoisotopic (exact) mass is 641 g/mol. The number of carbonyl (C=O) groups excluding carboxylic acids is 2. The number of aryl methyl sites for hydroxylation is 1. The lowest BCUT2D eigenvalue weighted by Crippen LogP contribution is -2.34. The standard InChI is InChI=1S/C27H22Cl2F5N7O2/c1-14-7-16(28)8-19(25(43)36-11-15-4-5-15)18(14)10-22(42)21-9-17(38-41(21)24-20(29)3-2-6-35-24)12-40-13-23(37-39-40)26(30,31)27(32,33)34/h2-3,6-9,13,15H,4-5,10-12H2,1H3,(H,36,43). The van der Waals surface area contributed by atoms with Gasteiger partial charge in [0.25, 0.3) is 5.91 Å². The van der Waals surface area contributed by atoms with E-state index in [0.29, 0.717) is 34.8 Å². The Balaban J connectivity index is 1.48. The van der Waals surface area contributed by atoms with Crippen LogP contribution in [-0.4, -0.2) is 54.2 Å². The van der Waals surface area contributed by atoms with E-state index in [2.05, 4.69) is 25.7 Å². The molecule has 1 aliphatic carbocycles. The van der Waals surface area contributed by atoms with Gasteiger partial charge in [-0.2, -0.15) is 27.1 Å². The molecule has 1 fully saturated rings. The molecule has 0 atom stereocenters. The van der Waals surface area contributed by atoms with Crippen LogP contribution < -0.4 is 5.32 Å². The Hall–Kier alpha value is -3.91. The van der Waals surface area contributed by atoms with Gasteiger partial charge < -0.3 is 5.32 Å². The average Bonchev–Trinajstić information content (AvgIpc) is 3.48. The summed E-state index contributed by atoms with van der Waals surface area (Å²) in [6.45, 7) is 1.81. The summed E-state index contributed by atoms with van der Waals surface area (Å²) in [7, 11) is 0. The van der Waals surface area contributed by atoms with E-state index in [9.17, 15) is 31.5 Å². The van der Waals surface area contributed by atoms with Gasteiger partial charge in [0.15, 0.2) is 17.3 Å². The lowest BCUT2D eigenvalue weighted by molar-refractivity contribution is -0.291. The van der Waals surface area contributed by atoms with Crippen LogP contribution in [0.2, 0.25) is 10.0 Å². The number of nitrogens with one attached hydrogen (secondary N) is 1. The van der Waals surface area contributed by atoms with Gasteiger partial charge in [0.05, 0.1) is 23.5 Å². The third-order valence-corrected chi connectivity index (χ3v) is 7.31. The van der Waals surface area contributed by atoms with Gasteiger partial charge >= 0.3 is 12.1 Å². The second-order valence-corrected chi connectivity index (χ2v) is 11.0. The Morgan fingerprint density at radius 2 is 1.86 bits per heavy atom. The molecule has 3 heterocycles. The van der Waals surface area contributed by atoms with Crippen molar-refractivity contribution in [2.75, 3.05) is 6.54 Å². The van der Waals surface area contributed by atoms with E-state index in [1.807, 2.05) is 0 Å². The van der Waals surface area contributed by atoms with Crippen LogP contribution in [0, 0.1) is 12.8 Å². The Kier molecular flexibility index (Phi) is 8.27. The zero-order valence-corrected chi connectivity index (χ0v) is 23.8. The highest BCUT2D eigenvalue weighted by atomic mass is 35.5. The van der Waals surface area contributed by atoms with Crippen molar-refractivity contribution in [2.45, 2.75) is 44.8 Å². The van der Waals surface area contributed by atoms with Crippen molar-refractivity contribution in [3.63, 3.8) is 0 Å². The molecule has 3 aromatic heterocycles. The Morgan fingerprint density at radius 1 is 1.12 bits per heavy atom. The van der Waals surface area contributed by atoms with Gasteiger partial charge in [-0.15, -0.1) is 5.10 Å². The summed E-state index contributed by atoms with van der Waals surface area (Å²) in [6.07, 6.45) is -2.20. The molecule has 1 aliphatic rings. The molecule has 16 heteroatoms. The summed E-state index contributed by atoms with van der Waals surface area (Å²) in [6, 6.07) is 7.48. The molecule has 1 aromatic carbocycles. The second kappa shape index (κ2) is 11.6. The SMILES string of the molecule is Cc1cc(Cl)cc(C(=O)NCC2CC2)c1CC(=O)c1cc(Cn2cc(C(F)(F)C(F)(F)F)nn2)nn1-c1ncccc1Cl. The number of Topliss-reactive ketones (excluding diaryl/α,β-unsaturated/α-hetero) is 1. The van der Waals surface area contributed by atoms with E-state index in [1.54, 1.807) is 19.1 Å². The number of hydrogen-bond donors (Lipinski definition) is 1. The molecule has 1 saturated carbocycles. The van der Waals surface area contributed by atoms with Gasteiger partial charge in [-0.1, -0.05) is 28.4 Å². The maximum absolute atomic E-state index is 13.8. The minimum Gasteiger partial charge on any atom is -0.352 e. The van der Waals surface area contributed by atoms with Gasteiger partial charge in [0.2, 0.25) is 0 Å². The number of amides is 1. The van der Waals surface area contributed by atoms with Crippen LogP contribution in [0.15, 0.2) is 42.7 Å². The van der Waals surface area contributed by atoms with Gasteiger partial charge in [0.1, 0.15) is 5.69 Å². The molecule has 0 aliphatic heterocycles. The Labute approximate surface area is 251 Å². The van der Waals surface area contributed by atoms with E-state index in [4.69, 9.17) is 23.2 Å². The van der Waals surface area contributed by atoms with E-state index >= 15 is 0 Å². The molecule has 0 radical (unpaired) electrons. The van der Waals surface area contributed by atoms with E-state index in [0.717, 1.165) is 22.2 Å². The van der Waals surface area contributed by atoms with Crippen molar-refractivity contribution in [3.05, 3.63) is 86.5 Å². The van der Waals surface area contributed by atoms with E-state index < -0.39 is 30.1 Å². The fraction of sp³-hybridized carbons (Fsp3) is 0.333. The first-order valence-electron chi connectivity index (χ1n) is 12.9. The highest BCUT2D eigenvalue weighted by Crippen LogP contribution is 2.42. The molecule has 4 aromatic rings. The number of ketones is 1. The first-order chi connectivity index (χ1) is 20.2. The summed E-state index contributed by atoms with van der Waals surface area (Å²) in [5.74, 6) is -5.61. The van der Waals surface area contributed by atoms with Crippen LogP contribution in [-0.2, 0) is 18.9 Å². The number of pyridine rings is 1. The molecule has 1 N–H and O–H groups in total. The normalized spacial score (nSPS) is 13.8. The van der Waals surface area contributed by atoms with Crippen molar-refractivity contribution in [1.82, 2.24) is 35.1 Å². The second-order valence-electron chi connectivity index (χ2n) is 10.1. The fourth-order valence-corrected chi connectivity index (χ4v) is 4.82. The molecule has 5 rings (SSSR count). The van der Waals surface area contributed by atoms with Crippen molar-refractivity contribution in [1.29, 1.82) is 0 Å². The predicted octanol–water partition coefficient (Wildman–Crippen LogP) is 5.74. The zero-order chi connectivity index (χ0) is 31.1. The Bertz CT molecular complexity index is 1700. The average molecular weight is 642 g/mol. The number of hydrogen-bond acceptors (Lipinski definition) is 6. The minimum absolute atomic E-state index is 0.0322. The van der Waals surface area contributed by atoms with Crippen LogP contribution in [0.5, 0.6) is 0 Å². The van der Waals surface area contributed by atoms with Crippen LogP contribution in [0.4, 0.5) is 22.0 Å². The maximum Gasteiger partial charge on any atom is 0.459 e. The van der Waals surface area contributed by atoms with Crippen molar-refractivity contribution in [3.8, 4) is 5.82 Å². The molecule has 0 saturated heterocycles. The molecule has 0 unspecified atom stereocenters. The molecule has 1 amide bonds. The van der Waals surface area contributed by atoms with E-state index in [-0.39, 0.29) is 40.1 Å². The molecule has 0 spiro atoms. The number of alkyl halides is 5. The van der Waals surface area contributed by atoms with Crippen LogP contribution in [0.25, 0.3) is 5.82 Å². The van der Waals surface area contributed by atoms with Crippen molar-refractivity contribution in [2.24, 2.45) is 5.92 Å². The van der Waals surface area contributed by atoms with Crippen LogP contribution in [0.3, 0.4) is 0 Å². The van der Waals surface area contributed by atoms with Gasteiger partial charge in [-0.3, -0.25) is 9.59 Å². The van der Waals surface area contributed by atoms with Gasteiger partial charge in [-0.05, 0) is 67.1 Å². The number of rotatable bonds is 10. The molecular weight excluding hydrogens is 620 g/mol. The van der Waals surface area contributed by atoms with Crippen LogP contribution in [0.1, 0.15) is 56.2 Å². The fourth-order valence-electron chi connectivity index (χ4n) is 4.35. The van der Waals surface area contributed by atoms with Gasteiger partial charge in [-0.25, -0.2) is 14.3 Å². The van der Waals surface area contributed by atoms with Gasteiger partial charge in [0, 0.05) is 29.7 Å². The number of halogens is 7.